The van der Waals surface area contributed by atoms with E-state index in [1.807, 2.05) is 0 Å². The highest BCUT2D eigenvalue weighted by molar-refractivity contribution is 5.81. The van der Waals surface area contributed by atoms with E-state index in [9.17, 15) is 4.79 Å². The molecule has 1 aliphatic carbocycles. The van der Waals surface area contributed by atoms with E-state index in [-0.39, 0.29) is 0 Å². The van der Waals surface area contributed by atoms with Crippen molar-refractivity contribution >= 4 is 5.78 Å². The standard InChI is InChI=1S/C13H25NO/c1-13(2,3)11-6-7-12(15)10(8-11)9-14(4)5/h10-11H,6-9H2,1-5H3/p+1/t10-,11+/m0/s1. The van der Waals surface area contributed by atoms with E-state index in [1.165, 1.54) is 4.90 Å². The molecule has 2 nitrogen and oxygen atoms in total. The third-order valence-electron chi connectivity index (χ3n) is 3.64. The Labute approximate surface area is 94.0 Å². The molecule has 0 spiro atoms. The smallest absolute Gasteiger partial charge is 0.141 e. The third-order valence-corrected chi connectivity index (χ3v) is 3.64. The molecule has 0 heterocycles. The van der Waals surface area contributed by atoms with Gasteiger partial charge < -0.3 is 4.90 Å². The zero-order valence-corrected chi connectivity index (χ0v) is 10.9. The summed E-state index contributed by atoms with van der Waals surface area (Å²) in [7, 11) is 4.27. The fourth-order valence-electron chi connectivity index (χ4n) is 2.59. The Hall–Kier alpha value is -0.370. The molecule has 0 saturated heterocycles. The molecule has 1 aliphatic rings. The Morgan fingerprint density at radius 1 is 1.33 bits per heavy atom. The minimum atomic E-state index is 0.313. The zero-order chi connectivity index (χ0) is 11.6. The molecule has 0 aromatic heterocycles. The first-order valence-corrected chi connectivity index (χ1v) is 6.12. The van der Waals surface area contributed by atoms with Crippen molar-refractivity contribution in [2.45, 2.75) is 40.0 Å². The highest BCUT2D eigenvalue weighted by Crippen LogP contribution is 2.38. The zero-order valence-electron chi connectivity index (χ0n) is 10.9. The number of quaternary nitrogens is 1. The molecule has 1 fully saturated rings. The third kappa shape index (κ3) is 3.60. The van der Waals surface area contributed by atoms with Gasteiger partial charge in [-0.25, -0.2) is 0 Å². The Morgan fingerprint density at radius 2 is 1.93 bits per heavy atom. The van der Waals surface area contributed by atoms with Crippen LogP contribution in [0, 0.1) is 17.3 Å². The van der Waals surface area contributed by atoms with Gasteiger partial charge in [-0.3, -0.25) is 4.79 Å². The van der Waals surface area contributed by atoms with Gasteiger partial charge in [-0.2, -0.15) is 0 Å². The lowest BCUT2D eigenvalue weighted by Crippen LogP contribution is -3.06. The summed E-state index contributed by atoms with van der Waals surface area (Å²) in [5.41, 5.74) is 0.362. The van der Waals surface area contributed by atoms with Gasteiger partial charge in [0.2, 0.25) is 0 Å². The molecule has 0 radical (unpaired) electrons. The summed E-state index contributed by atoms with van der Waals surface area (Å²) < 4.78 is 0. The predicted octanol–water partition coefficient (Wildman–Crippen LogP) is 1.16. The maximum absolute atomic E-state index is 11.8. The number of carbonyl (C=O) groups excluding carboxylic acids is 1. The van der Waals surface area contributed by atoms with E-state index >= 15 is 0 Å². The average molecular weight is 212 g/mol. The Kier molecular flexibility index (Phi) is 3.93. The van der Waals surface area contributed by atoms with Crippen molar-refractivity contribution in [2.75, 3.05) is 20.6 Å². The molecule has 1 N–H and O–H groups in total. The molecule has 0 bridgehead atoms. The normalized spacial score (nSPS) is 28.5. The van der Waals surface area contributed by atoms with Crippen LogP contribution < -0.4 is 4.90 Å². The van der Waals surface area contributed by atoms with Crippen molar-refractivity contribution in [1.82, 2.24) is 0 Å². The van der Waals surface area contributed by atoms with E-state index in [2.05, 4.69) is 34.9 Å². The van der Waals surface area contributed by atoms with Crippen LogP contribution in [0.2, 0.25) is 0 Å². The van der Waals surface area contributed by atoms with Crippen LogP contribution in [0.3, 0.4) is 0 Å². The van der Waals surface area contributed by atoms with Crippen LogP contribution in [0.1, 0.15) is 40.0 Å². The predicted molar refractivity (Wildman–Crippen MR) is 63.0 cm³/mol. The number of nitrogens with one attached hydrogen (secondary N) is 1. The highest BCUT2D eigenvalue weighted by Gasteiger charge is 2.35. The minimum Gasteiger partial charge on any atom is -0.339 e. The number of carbonyl (C=O) groups is 1. The van der Waals surface area contributed by atoms with Gasteiger partial charge in [-0.1, -0.05) is 20.8 Å². The number of ketones is 1. The molecule has 1 saturated carbocycles. The molecule has 0 aromatic carbocycles. The first kappa shape index (κ1) is 12.7. The van der Waals surface area contributed by atoms with Crippen LogP contribution in [0.5, 0.6) is 0 Å². The second-order valence-electron chi connectivity index (χ2n) is 6.41. The van der Waals surface area contributed by atoms with Crippen LogP contribution >= 0.6 is 0 Å². The van der Waals surface area contributed by atoms with E-state index in [0.717, 1.165) is 31.7 Å². The van der Waals surface area contributed by atoms with Crippen molar-refractivity contribution in [1.29, 1.82) is 0 Å². The lowest BCUT2D eigenvalue weighted by atomic mass is 9.68. The van der Waals surface area contributed by atoms with Gasteiger partial charge in [0, 0.05) is 6.42 Å². The molecule has 1 rings (SSSR count). The molecule has 0 amide bonds. The van der Waals surface area contributed by atoms with Crippen LogP contribution in [-0.2, 0) is 4.79 Å². The maximum Gasteiger partial charge on any atom is 0.141 e. The summed E-state index contributed by atoms with van der Waals surface area (Å²) in [6, 6.07) is 0. The number of hydrogen-bond acceptors (Lipinski definition) is 1. The lowest BCUT2D eigenvalue weighted by Gasteiger charge is -2.36. The van der Waals surface area contributed by atoms with Crippen LogP contribution in [0.15, 0.2) is 0 Å². The van der Waals surface area contributed by atoms with Gasteiger partial charge >= 0.3 is 0 Å². The van der Waals surface area contributed by atoms with Gasteiger partial charge in [0.25, 0.3) is 0 Å². The Bertz CT molecular complexity index is 227. The van der Waals surface area contributed by atoms with Gasteiger partial charge in [-0.05, 0) is 24.2 Å². The van der Waals surface area contributed by atoms with Gasteiger partial charge in [0.15, 0.2) is 0 Å². The fourth-order valence-corrected chi connectivity index (χ4v) is 2.59. The first-order chi connectivity index (χ1) is 6.80. The highest BCUT2D eigenvalue weighted by atomic mass is 16.1. The van der Waals surface area contributed by atoms with Crippen molar-refractivity contribution < 1.29 is 9.69 Å². The molecule has 0 unspecified atom stereocenters. The van der Waals surface area contributed by atoms with Gasteiger partial charge in [0.1, 0.15) is 5.78 Å². The van der Waals surface area contributed by atoms with E-state index in [4.69, 9.17) is 0 Å². The number of rotatable bonds is 2. The molecule has 2 atom stereocenters. The van der Waals surface area contributed by atoms with Crippen molar-refractivity contribution in [3.05, 3.63) is 0 Å². The van der Waals surface area contributed by atoms with E-state index in [0.29, 0.717) is 17.1 Å². The van der Waals surface area contributed by atoms with Gasteiger partial charge in [-0.15, -0.1) is 0 Å². The summed E-state index contributed by atoms with van der Waals surface area (Å²) >= 11 is 0. The van der Waals surface area contributed by atoms with Crippen molar-refractivity contribution in [2.24, 2.45) is 17.3 Å². The summed E-state index contributed by atoms with van der Waals surface area (Å²) in [6.07, 6.45) is 3.01. The molecule has 88 valence electrons. The number of hydrogen-bond donors (Lipinski definition) is 1. The molecule has 0 aromatic rings. The Morgan fingerprint density at radius 3 is 2.40 bits per heavy atom. The topological polar surface area (TPSA) is 21.5 Å². The maximum atomic E-state index is 11.8. The monoisotopic (exact) mass is 212 g/mol. The SMILES string of the molecule is C[NH+](C)C[C@@H]1C[C@H](C(C)(C)C)CCC1=O. The van der Waals surface area contributed by atoms with Crippen molar-refractivity contribution in [3.63, 3.8) is 0 Å². The summed E-state index contributed by atoms with van der Waals surface area (Å²) in [5.74, 6) is 1.53. The molecular weight excluding hydrogens is 186 g/mol. The average Bonchev–Trinajstić information content (AvgIpc) is 2.06. The molecule has 0 aliphatic heterocycles. The fraction of sp³-hybridized carbons (Fsp3) is 0.923. The molecule has 2 heteroatoms. The van der Waals surface area contributed by atoms with Crippen LogP contribution in [-0.4, -0.2) is 26.4 Å². The Balaban J connectivity index is 2.60. The van der Waals surface area contributed by atoms with Crippen LogP contribution in [0.25, 0.3) is 0 Å². The quantitative estimate of drug-likeness (QED) is 0.729. The summed E-state index contributed by atoms with van der Waals surface area (Å²) in [6.45, 7) is 7.90. The second-order valence-corrected chi connectivity index (χ2v) is 6.41. The van der Waals surface area contributed by atoms with E-state index in [1.54, 1.807) is 0 Å². The largest absolute Gasteiger partial charge is 0.339 e. The van der Waals surface area contributed by atoms with Crippen molar-refractivity contribution in [3.8, 4) is 0 Å². The molecule has 15 heavy (non-hydrogen) atoms. The lowest BCUT2D eigenvalue weighted by molar-refractivity contribution is -0.861. The van der Waals surface area contributed by atoms with Crippen LogP contribution in [0.4, 0.5) is 0 Å². The summed E-state index contributed by atoms with van der Waals surface area (Å²) in [4.78, 5) is 13.2. The first-order valence-electron chi connectivity index (χ1n) is 6.12. The number of Topliss-reactive ketones (excluding diaryl/α,β-unsaturated/α-hetero) is 1. The molecular formula is C13H26NO+. The second kappa shape index (κ2) is 4.65. The van der Waals surface area contributed by atoms with Gasteiger partial charge in [0.05, 0.1) is 26.6 Å². The minimum absolute atomic E-state index is 0.313. The van der Waals surface area contributed by atoms with E-state index < -0.39 is 0 Å². The summed E-state index contributed by atoms with van der Waals surface area (Å²) in [5, 5.41) is 0.